The van der Waals surface area contributed by atoms with Crippen LogP contribution in [0.3, 0.4) is 0 Å². The zero-order valence-electron chi connectivity index (χ0n) is 10.6. The molecule has 0 spiro atoms. The highest BCUT2D eigenvalue weighted by molar-refractivity contribution is 9.11. The molecule has 1 aromatic rings. The normalized spacial score (nSPS) is 18.1. The van der Waals surface area contributed by atoms with E-state index in [9.17, 15) is 8.42 Å². The molecule has 2 rings (SSSR count). The Morgan fingerprint density at radius 2 is 1.90 bits per heavy atom. The van der Waals surface area contributed by atoms with E-state index in [-0.39, 0.29) is 10.8 Å². The van der Waals surface area contributed by atoms with Gasteiger partial charge >= 0.3 is 0 Å². The number of piperidine rings is 1. The van der Waals surface area contributed by atoms with Gasteiger partial charge in [-0.25, -0.2) is 8.42 Å². The first-order chi connectivity index (χ1) is 9.32. The first-order valence-electron chi connectivity index (χ1n) is 6.07. The molecule has 20 heavy (non-hydrogen) atoms. The Bertz CT molecular complexity index is 626. The van der Waals surface area contributed by atoms with Crippen LogP contribution in [0.25, 0.3) is 0 Å². The van der Waals surface area contributed by atoms with Gasteiger partial charge in [0.15, 0.2) is 0 Å². The largest absolute Gasteiger partial charge is 0.393 e. The van der Waals surface area contributed by atoms with Crippen LogP contribution in [0.1, 0.15) is 12.8 Å². The molecule has 1 aliphatic heterocycles. The number of halogens is 2. The molecule has 1 aromatic carbocycles. The predicted molar refractivity (Wildman–Crippen MR) is 90.1 cm³/mol. The molecule has 0 radical (unpaired) electrons. The maximum atomic E-state index is 12.6. The van der Waals surface area contributed by atoms with Crippen molar-refractivity contribution < 1.29 is 8.42 Å². The van der Waals surface area contributed by atoms with E-state index in [0.717, 1.165) is 4.47 Å². The fraction of sp³-hybridized carbons (Fsp3) is 0.417. The van der Waals surface area contributed by atoms with E-state index in [4.69, 9.17) is 18.0 Å². The van der Waals surface area contributed by atoms with E-state index >= 15 is 0 Å². The molecule has 1 saturated heterocycles. The van der Waals surface area contributed by atoms with Crippen LogP contribution in [0.15, 0.2) is 32.0 Å². The summed E-state index contributed by atoms with van der Waals surface area (Å²) in [6.07, 6.45) is 1.36. The summed E-state index contributed by atoms with van der Waals surface area (Å²) < 4.78 is 28.1. The Morgan fingerprint density at radius 1 is 1.30 bits per heavy atom. The van der Waals surface area contributed by atoms with Crippen LogP contribution in [0.2, 0.25) is 0 Å². The monoisotopic (exact) mass is 440 g/mol. The average Bonchev–Trinajstić information content (AvgIpc) is 2.41. The molecule has 0 amide bonds. The smallest absolute Gasteiger partial charge is 0.244 e. The molecule has 110 valence electrons. The quantitative estimate of drug-likeness (QED) is 0.732. The molecule has 0 aliphatic carbocycles. The number of sulfonamides is 1. The maximum Gasteiger partial charge on any atom is 0.244 e. The van der Waals surface area contributed by atoms with Gasteiger partial charge in [0.25, 0.3) is 0 Å². The minimum absolute atomic E-state index is 0.141. The lowest BCUT2D eigenvalue weighted by Crippen LogP contribution is -2.41. The van der Waals surface area contributed by atoms with E-state index < -0.39 is 10.0 Å². The molecule has 1 heterocycles. The molecule has 1 aliphatic rings. The summed E-state index contributed by atoms with van der Waals surface area (Å²) in [5.41, 5.74) is 5.63. The molecule has 1 fully saturated rings. The van der Waals surface area contributed by atoms with Gasteiger partial charge in [0.2, 0.25) is 10.0 Å². The van der Waals surface area contributed by atoms with Crippen molar-refractivity contribution in [3.63, 3.8) is 0 Å². The zero-order chi connectivity index (χ0) is 14.9. The van der Waals surface area contributed by atoms with Gasteiger partial charge in [-0.1, -0.05) is 28.1 Å². The van der Waals surface area contributed by atoms with Crippen LogP contribution >= 0.6 is 44.1 Å². The first-order valence-corrected chi connectivity index (χ1v) is 9.50. The molecule has 0 saturated carbocycles. The summed E-state index contributed by atoms with van der Waals surface area (Å²) in [5, 5.41) is 0. The second-order valence-corrected chi connectivity index (χ2v) is 8.80. The Morgan fingerprint density at radius 3 is 2.45 bits per heavy atom. The highest BCUT2D eigenvalue weighted by atomic mass is 79.9. The summed E-state index contributed by atoms with van der Waals surface area (Å²) in [6, 6.07) is 5.12. The third-order valence-electron chi connectivity index (χ3n) is 3.37. The molecule has 0 atom stereocenters. The number of hydrogen-bond acceptors (Lipinski definition) is 3. The van der Waals surface area contributed by atoms with Crippen molar-refractivity contribution in [3.8, 4) is 0 Å². The van der Waals surface area contributed by atoms with E-state index in [0.29, 0.717) is 35.4 Å². The van der Waals surface area contributed by atoms with Gasteiger partial charge in [-0.3, -0.25) is 0 Å². The Labute approximate surface area is 141 Å². The predicted octanol–water partition coefficient (Wildman–Crippen LogP) is 2.90. The molecule has 2 N–H and O–H groups in total. The van der Waals surface area contributed by atoms with Crippen molar-refractivity contribution in [2.24, 2.45) is 11.7 Å². The molecule has 0 unspecified atom stereocenters. The van der Waals surface area contributed by atoms with Crippen LogP contribution in [-0.4, -0.2) is 30.8 Å². The number of thiocarbonyl (C=S) groups is 1. The van der Waals surface area contributed by atoms with Gasteiger partial charge in [0.1, 0.15) is 0 Å². The van der Waals surface area contributed by atoms with Crippen LogP contribution in [-0.2, 0) is 10.0 Å². The lowest BCUT2D eigenvalue weighted by atomic mass is 9.98. The molecular weight excluding hydrogens is 428 g/mol. The third-order valence-corrected chi connectivity index (χ3v) is 7.09. The van der Waals surface area contributed by atoms with E-state index in [1.165, 1.54) is 4.31 Å². The van der Waals surface area contributed by atoms with E-state index in [1.807, 2.05) is 0 Å². The molecular formula is C12H14Br2N2O2S2. The number of nitrogens with two attached hydrogens (primary N) is 1. The molecule has 8 heteroatoms. The minimum Gasteiger partial charge on any atom is -0.393 e. The number of hydrogen-bond donors (Lipinski definition) is 1. The van der Waals surface area contributed by atoms with Crippen molar-refractivity contribution in [1.29, 1.82) is 0 Å². The minimum atomic E-state index is -3.49. The SMILES string of the molecule is NC(=S)C1CCN(S(=O)(=O)c2cc(Br)ccc2Br)CC1. The fourth-order valence-electron chi connectivity index (χ4n) is 2.19. The van der Waals surface area contributed by atoms with Crippen LogP contribution < -0.4 is 5.73 Å². The standard InChI is InChI=1S/C12H14Br2N2O2S2/c13-9-1-2-10(14)11(7-9)20(17,18)16-5-3-8(4-6-16)12(15)19/h1-2,7-8H,3-6H2,(H2,15,19). The number of nitrogens with zero attached hydrogens (tertiary/aromatic N) is 1. The van der Waals surface area contributed by atoms with Gasteiger partial charge in [-0.2, -0.15) is 4.31 Å². The highest BCUT2D eigenvalue weighted by Gasteiger charge is 2.31. The van der Waals surface area contributed by atoms with E-state index in [2.05, 4.69) is 31.9 Å². The lowest BCUT2D eigenvalue weighted by Gasteiger charge is -2.30. The van der Waals surface area contributed by atoms with Crippen LogP contribution in [0.5, 0.6) is 0 Å². The Kier molecular flexibility index (Phi) is 5.23. The Balaban J connectivity index is 2.24. The van der Waals surface area contributed by atoms with Crippen molar-refractivity contribution in [3.05, 3.63) is 27.1 Å². The van der Waals surface area contributed by atoms with Gasteiger partial charge in [-0.15, -0.1) is 0 Å². The van der Waals surface area contributed by atoms with E-state index in [1.54, 1.807) is 18.2 Å². The number of rotatable bonds is 3. The summed E-state index contributed by atoms with van der Waals surface area (Å²) in [5.74, 6) is 0.141. The summed E-state index contributed by atoms with van der Waals surface area (Å²) in [6.45, 7) is 0.895. The molecule has 4 nitrogen and oxygen atoms in total. The average molecular weight is 442 g/mol. The molecule has 0 aromatic heterocycles. The lowest BCUT2D eigenvalue weighted by molar-refractivity contribution is 0.316. The highest BCUT2D eigenvalue weighted by Crippen LogP contribution is 2.30. The number of benzene rings is 1. The van der Waals surface area contributed by atoms with Gasteiger partial charge in [0, 0.05) is 28.0 Å². The zero-order valence-corrected chi connectivity index (χ0v) is 15.4. The van der Waals surface area contributed by atoms with Crippen molar-refractivity contribution in [2.75, 3.05) is 13.1 Å². The Hall–Kier alpha value is -0.0200. The van der Waals surface area contributed by atoms with Crippen LogP contribution in [0.4, 0.5) is 0 Å². The summed E-state index contributed by atoms with van der Waals surface area (Å²) >= 11 is 11.6. The van der Waals surface area contributed by atoms with Crippen LogP contribution in [0, 0.1) is 5.92 Å². The topological polar surface area (TPSA) is 63.4 Å². The summed E-state index contributed by atoms with van der Waals surface area (Å²) in [4.78, 5) is 0.756. The second kappa shape index (κ2) is 6.39. The van der Waals surface area contributed by atoms with Crippen molar-refractivity contribution in [1.82, 2.24) is 4.31 Å². The van der Waals surface area contributed by atoms with Gasteiger partial charge in [0.05, 0.1) is 9.88 Å². The van der Waals surface area contributed by atoms with Crippen molar-refractivity contribution >= 4 is 59.1 Å². The summed E-state index contributed by atoms with van der Waals surface area (Å²) in [7, 11) is -3.49. The van der Waals surface area contributed by atoms with Gasteiger partial charge < -0.3 is 5.73 Å². The van der Waals surface area contributed by atoms with Crippen molar-refractivity contribution in [2.45, 2.75) is 17.7 Å². The fourth-order valence-corrected chi connectivity index (χ4v) is 5.36. The third kappa shape index (κ3) is 3.41. The first kappa shape index (κ1) is 16.4. The molecule has 0 bridgehead atoms. The second-order valence-electron chi connectivity index (χ2n) is 4.66. The maximum absolute atomic E-state index is 12.6. The van der Waals surface area contributed by atoms with Gasteiger partial charge in [-0.05, 0) is 47.0 Å².